The predicted octanol–water partition coefficient (Wildman–Crippen LogP) is 2.60. The standard InChI is InChI=1S/C9H13NS.ClH/c1-9(10,11-2)8-6-4-3-5-7-8;/h3-7H,10H2,1-2H3;1H/t9-;/m1./s1. The van der Waals surface area contributed by atoms with Gasteiger partial charge in [-0.05, 0) is 18.7 Å². The van der Waals surface area contributed by atoms with E-state index in [4.69, 9.17) is 5.73 Å². The molecule has 0 amide bonds. The van der Waals surface area contributed by atoms with Crippen LogP contribution >= 0.6 is 24.2 Å². The normalized spacial score (nSPS) is 14.6. The highest BCUT2D eigenvalue weighted by molar-refractivity contribution is 7.99. The predicted molar refractivity (Wildman–Crippen MR) is 58.7 cm³/mol. The summed E-state index contributed by atoms with van der Waals surface area (Å²) in [7, 11) is 0. The maximum Gasteiger partial charge on any atom is 0.0845 e. The van der Waals surface area contributed by atoms with E-state index in [2.05, 4.69) is 12.1 Å². The number of hydrogen-bond donors (Lipinski definition) is 1. The summed E-state index contributed by atoms with van der Waals surface area (Å²) in [5, 5.41) is 0. The number of hydrogen-bond acceptors (Lipinski definition) is 2. The second kappa shape index (κ2) is 4.75. The second-order valence-electron chi connectivity index (χ2n) is 2.68. The maximum absolute atomic E-state index is 6.00. The van der Waals surface area contributed by atoms with Crippen molar-refractivity contribution in [2.75, 3.05) is 6.26 Å². The molecule has 1 nitrogen and oxygen atoms in total. The van der Waals surface area contributed by atoms with Gasteiger partial charge in [0.2, 0.25) is 0 Å². The third-order valence-electron chi connectivity index (χ3n) is 1.77. The minimum Gasteiger partial charge on any atom is -0.313 e. The average molecular weight is 204 g/mol. The van der Waals surface area contributed by atoms with Gasteiger partial charge in [0.25, 0.3) is 0 Å². The molecule has 1 atom stereocenters. The number of rotatable bonds is 2. The molecule has 1 aromatic rings. The van der Waals surface area contributed by atoms with Gasteiger partial charge in [0.1, 0.15) is 0 Å². The molecule has 0 radical (unpaired) electrons. The van der Waals surface area contributed by atoms with E-state index < -0.39 is 0 Å². The molecule has 0 aliphatic rings. The van der Waals surface area contributed by atoms with Gasteiger partial charge in [-0.15, -0.1) is 24.2 Å². The van der Waals surface area contributed by atoms with Gasteiger partial charge in [-0.3, -0.25) is 0 Å². The molecule has 0 aliphatic heterocycles. The first-order valence-electron chi connectivity index (χ1n) is 3.56. The molecule has 0 saturated carbocycles. The van der Waals surface area contributed by atoms with Crippen LogP contribution in [-0.4, -0.2) is 6.26 Å². The quantitative estimate of drug-likeness (QED) is 0.748. The molecule has 0 aliphatic carbocycles. The monoisotopic (exact) mass is 203 g/mol. The number of nitrogens with two attached hydrogens (primary N) is 1. The highest BCUT2D eigenvalue weighted by Crippen LogP contribution is 2.27. The molecular formula is C9H14ClNS. The molecule has 0 heterocycles. The van der Waals surface area contributed by atoms with E-state index in [1.54, 1.807) is 11.8 Å². The van der Waals surface area contributed by atoms with Crippen LogP contribution in [0.25, 0.3) is 0 Å². The van der Waals surface area contributed by atoms with Crippen molar-refractivity contribution in [1.82, 2.24) is 0 Å². The molecule has 0 spiro atoms. The Morgan fingerprint density at radius 1 is 1.25 bits per heavy atom. The van der Waals surface area contributed by atoms with Crippen LogP contribution in [0.2, 0.25) is 0 Å². The zero-order valence-electron chi connectivity index (χ0n) is 7.28. The van der Waals surface area contributed by atoms with Crippen molar-refractivity contribution in [1.29, 1.82) is 0 Å². The molecule has 0 bridgehead atoms. The molecule has 0 saturated heterocycles. The first kappa shape index (κ1) is 11.8. The summed E-state index contributed by atoms with van der Waals surface area (Å²) >= 11 is 1.66. The van der Waals surface area contributed by atoms with Gasteiger partial charge in [-0.1, -0.05) is 30.3 Å². The molecule has 68 valence electrons. The zero-order chi connectivity index (χ0) is 8.32. The molecule has 3 heteroatoms. The average Bonchev–Trinajstić information content (AvgIpc) is 2.06. The zero-order valence-corrected chi connectivity index (χ0v) is 8.91. The van der Waals surface area contributed by atoms with E-state index in [1.165, 1.54) is 5.56 Å². The Hall–Kier alpha value is -0.180. The lowest BCUT2D eigenvalue weighted by molar-refractivity contribution is 0.740. The molecule has 2 N–H and O–H groups in total. The van der Waals surface area contributed by atoms with Crippen molar-refractivity contribution < 1.29 is 0 Å². The highest BCUT2D eigenvalue weighted by Gasteiger charge is 2.17. The van der Waals surface area contributed by atoms with Crippen molar-refractivity contribution in [2.24, 2.45) is 5.73 Å². The van der Waals surface area contributed by atoms with Crippen LogP contribution in [0.4, 0.5) is 0 Å². The summed E-state index contributed by atoms with van der Waals surface area (Å²) in [6.07, 6.45) is 2.02. The summed E-state index contributed by atoms with van der Waals surface area (Å²) < 4.78 is 0. The van der Waals surface area contributed by atoms with Gasteiger partial charge in [-0.2, -0.15) is 0 Å². The third kappa shape index (κ3) is 2.70. The van der Waals surface area contributed by atoms with E-state index >= 15 is 0 Å². The van der Waals surface area contributed by atoms with E-state index in [0.717, 1.165) is 0 Å². The summed E-state index contributed by atoms with van der Waals surface area (Å²) in [6.45, 7) is 2.02. The smallest absolute Gasteiger partial charge is 0.0845 e. The van der Waals surface area contributed by atoms with Gasteiger partial charge < -0.3 is 5.73 Å². The second-order valence-corrected chi connectivity index (χ2v) is 3.93. The fraction of sp³-hybridized carbons (Fsp3) is 0.333. The van der Waals surface area contributed by atoms with Crippen LogP contribution in [0, 0.1) is 0 Å². The molecule has 1 aromatic carbocycles. The van der Waals surface area contributed by atoms with E-state index in [-0.39, 0.29) is 17.3 Å². The van der Waals surface area contributed by atoms with Crippen LogP contribution < -0.4 is 5.73 Å². The summed E-state index contributed by atoms with van der Waals surface area (Å²) in [4.78, 5) is -0.249. The molecular weight excluding hydrogens is 190 g/mol. The molecule has 0 fully saturated rings. The Morgan fingerprint density at radius 3 is 2.17 bits per heavy atom. The first-order chi connectivity index (χ1) is 5.17. The number of thioether (sulfide) groups is 1. The van der Waals surface area contributed by atoms with Gasteiger partial charge in [0, 0.05) is 0 Å². The maximum atomic E-state index is 6.00. The van der Waals surface area contributed by atoms with Crippen molar-refractivity contribution in [2.45, 2.75) is 11.8 Å². The number of halogens is 1. The summed E-state index contributed by atoms with van der Waals surface area (Å²) in [6, 6.07) is 10.1. The minimum atomic E-state index is -0.249. The first-order valence-corrected chi connectivity index (χ1v) is 4.79. The molecule has 1 rings (SSSR count). The van der Waals surface area contributed by atoms with Crippen LogP contribution in [-0.2, 0) is 4.87 Å². The van der Waals surface area contributed by atoms with Crippen LogP contribution in [0.15, 0.2) is 30.3 Å². The van der Waals surface area contributed by atoms with Crippen molar-refractivity contribution in [3.8, 4) is 0 Å². The SMILES string of the molecule is CS[C@@](C)(N)c1ccccc1.Cl. The van der Waals surface area contributed by atoms with Gasteiger partial charge >= 0.3 is 0 Å². The third-order valence-corrected chi connectivity index (χ3v) is 2.85. The molecule has 0 unspecified atom stereocenters. The van der Waals surface area contributed by atoms with E-state index in [1.807, 2.05) is 31.4 Å². The largest absolute Gasteiger partial charge is 0.313 e. The van der Waals surface area contributed by atoms with E-state index in [0.29, 0.717) is 0 Å². The molecule has 12 heavy (non-hydrogen) atoms. The Bertz CT molecular complexity index is 223. The Labute approximate surface area is 84.1 Å². The van der Waals surface area contributed by atoms with Crippen molar-refractivity contribution >= 4 is 24.2 Å². The van der Waals surface area contributed by atoms with Gasteiger partial charge in [0.15, 0.2) is 0 Å². The summed E-state index contributed by atoms with van der Waals surface area (Å²) in [5.74, 6) is 0. The van der Waals surface area contributed by atoms with Crippen LogP contribution in [0.1, 0.15) is 12.5 Å². The Kier molecular flexibility index (Phi) is 4.68. The summed E-state index contributed by atoms with van der Waals surface area (Å²) in [5.41, 5.74) is 7.17. The fourth-order valence-electron chi connectivity index (χ4n) is 0.887. The Morgan fingerprint density at radius 2 is 1.75 bits per heavy atom. The van der Waals surface area contributed by atoms with Gasteiger partial charge in [-0.25, -0.2) is 0 Å². The lowest BCUT2D eigenvalue weighted by atomic mass is 10.1. The van der Waals surface area contributed by atoms with Crippen molar-refractivity contribution in [3.05, 3.63) is 35.9 Å². The Balaban J connectivity index is 0.00000121. The number of benzene rings is 1. The van der Waals surface area contributed by atoms with E-state index in [9.17, 15) is 0 Å². The topological polar surface area (TPSA) is 26.0 Å². The highest BCUT2D eigenvalue weighted by atomic mass is 35.5. The lowest BCUT2D eigenvalue weighted by Crippen LogP contribution is -2.28. The fourth-order valence-corrected chi connectivity index (χ4v) is 1.26. The minimum absolute atomic E-state index is 0. The van der Waals surface area contributed by atoms with Crippen LogP contribution in [0.5, 0.6) is 0 Å². The lowest BCUT2D eigenvalue weighted by Gasteiger charge is -2.22. The van der Waals surface area contributed by atoms with Gasteiger partial charge in [0.05, 0.1) is 4.87 Å². The molecule has 0 aromatic heterocycles. The van der Waals surface area contributed by atoms with Crippen LogP contribution in [0.3, 0.4) is 0 Å². The van der Waals surface area contributed by atoms with Crippen molar-refractivity contribution in [3.63, 3.8) is 0 Å².